The molecule has 0 fully saturated rings. The number of nitrogens with two attached hydrogens (primary N) is 1. The number of benzene rings is 3. The van der Waals surface area contributed by atoms with E-state index in [0.29, 0.717) is 16.9 Å². The van der Waals surface area contributed by atoms with Gasteiger partial charge >= 0.3 is 5.97 Å². The van der Waals surface area contributed by atoms with Crippen LogP contribution in [0.4, 0.5) is 4.39 Å². The average Bonchev–Trinajstić information content (AvgIpc) is 2.78. The van der Waals surface area contributed by atoms with Gasteiger partial charge in [-0.05, 0) is 42.2 Å². The van der Waals surface area contributed by atoms with E-state index >= 15 is 0 Å². The third-order valence-corrected chi connectivity index (χ3v) is 5.69. The Labute approximate surface area is 182 Å². The quantitative estimate of drug-likeness (QED) is 0.355. The van der Waals surface area contributed by atoms with Crippen molar-refractivity contribution in [2.24, 2.45) is 5.73 Å². The maximum Gasteiger partial charge on any atom is 0.346 e. The third kappa shape index (κ3) is 3.98. The van der Waals surface area contributed by atoms with Gasteiger partial charge in [-0.3, -0.25) is 0 Å². The molecule has 3 aromatic carbocycles. The second kappa shape index (κ2) is 8.54. The van der Waals surface area contributed by atoms with Gasteiger partial charge in [-0.25, -0.2) is 9.18 Å². The van der Waals surface area contributed by atoms with Crippen LogP contribution in [0, 0.1) is 17.1 Å². The molecule has 0 saturated carbocycles. The zero-order chi connectivity index (χ0) is 22.0. The second-order valence-corrected chi connectivity index (χ2v) is 7.65. The monoisotopic (exact) mass is 432 g/mol. The van der Waals surface area contributed by atoms with E-state index in [2.05, 4.69) is 6.07 Å². The number of nitrogens with zero attached hydrogens (tertiary/aromatic N) is 1. The molecule has 2 N–H and O–H groups in total. The van der Waals surface area contributed by atoms with Gasteiger partial charge in [0.25, 0.3) is 0 Å². The van der Waals surface area contributed by atoms with Crippen LogP contribution in [0.5, 0.6) is 11.5 Å². The topological polar surface area (TPSA) is 85.3 Å². The number of esters is 1. The Morgan fingerprint density at radius 2 is 1.90 bits per heavy atom. The molecule has 154 valence electrons. The van der Waals surface area contributed by atoms with Gasteiger partial charge in [-0.1, -0.05) is 30.3 Å². The van der Waals surface area contributed by atoms with Gasteiger partial charge in [0.05, 0.1) is 11.5 Å². The number of halogens is 1. The molecular weight excluding hydrogens is 415 g/mol. The number of hydrogen-bond donors (Lipinski definition) is 1. The molecule has 0 saturated heterocycles. The van der Waals surface area contributed by atoms with Crippen molar-refractivity contribution in [1.29, 1.82) is 5.26 Å². The van der Waals surface area contributed by atoms with E-state index in [1.807, 2.05) is 30.5 Å². The highest BCUT2D eigenvalue weighted by atomic mass is 32.2. The number of ether oxygens (including phenoxy) is 2. The number of allylic oxidation sites excluding steroid dienone is 1. The summed E-state index contributed by atoms with van der Waals surface area (Å²) in [6.45, 7) is 0. The fraction of sp³-hybridized carbons (Fsp3) is 0.0833. The highest BCUT2D eigenvalue weighted by Crippen LogP contribution is 2.43. The maximum atomic E-state index is 13.9. The molecule has 1 atom stereocenters. The van der Waals surface area contributed by atoms with Crippen molar-refractivity contribution in [3.8, 4) is 17.6 Å². The predicted octanol–water partition coefficient (Wildman–Crippen LogP) is 4.98. The molecule has 1 heterocycles. The number of carbonyl (C=O) groups excluding carboxylic acids is 1. The van der Waals surface area contributed by atoms with Gasteiger partial charge < -0.3 is 15.2 Å². The van der Waals surface area contributed by atoms with Crippen molar-refractivity contribution >= 4 is 17.7 Å². The third-order valence-electron chi connectivity index (χ3n) is 4.94. The van der Waals surface area contributed by atoms with Crippen molar-refractivity contribution in [1.82, 2.24) is 0 Å². The van der Waals surface area contributed by atoms with Crippen LogP contribution in [-0.2, 0) is 0 Å². The van der Waals surface area contributed by atoms with E-state index in [1.165, 1.54) is 24.3 Å². The molecule has 0 bridgehead atoms. The molecule has 0 aromatic heterocycles. The van der Waals surface area contributed by atoms with Gasteiger partial charge in [-0.15, -0.1) is 11.8 Å². The number of thioether (sulfide) groups is 1. The van der Waals surface area contributed by atoms with Crippen LogP contribution < -0.4 is 15.2 Å². The Bertz CT molecular complexity index is 1230. The summed E-state index contributed by atoms with van der Waals surface area (Å²) >= 11 is 1.62. The molecular formula is C24H17FN2O3S. The van der Waals surface area contributed by atoms with Gasteiger partial charge in [0.15, 0.2) is 0 Å². The fourth-order valence-electron chi connectivity index (χ4n) is 3.43. The van der Waals surface area contributed by atoms with E-state index in [4.69, 9.17) is 15.2 Å². The summed E-state index contributed by atoms with van der Waals surface area (Å²) < 4.78 is 24.8. The first-order valence-corrected chi connectivity index (χ1v) is 10.6. The first-order valence-electron chi connectivity index (χ1n) is 9.34. The summed E-state index contributed by atoms with van der Waals surface area (Å²) in [5.41, 5.74) is 7.77. The number of hydrogen-bond acceptors (Lipinski definition) is 6. The Morgan fingerprint density at radius 1 is 1.16 bits per heavy atom. The van der Waals surface area contributed by atoms with Crippen molar-refractivity contribution in [2.75, 3.05) is 6.26 Å². The van der Waals surface area contributed by atoms with Gasteiger partial charge in [0, 0.05) is 16.5 Å². The molecule has 0 amide bonds. The lowest BCUT2D eigenvalue weighted by Gasteiger charge is -2.26. The lowest BCUT2D eigenvalue weighted by Crippen LogP contribution is -2.21. The fourth-order valence-corrected chi connectivity index (χ4v) is 3.84. The molecule has 1 aliphatic rings. The van der Waals surface area contributed by atoms with Crippen LogP contribution in [0.3, 0.4) is 0 Å². The minimum atomic E-state index is -0.820. The standard InChI is InChI=1S/C24H17FN2O3S/c1-31-16-9-6-14(7-10-16)22-18-11-8-15(12-21(18)30-23(27)19(22)13-26)29-24(28)17-4-2-3-5-20(17)25/h2-12,22H,27H2,1H3. The largest absolute Gasteiger partial charge is 0.440 e. The molecule has 7 heteroatoms. The van der Waals surface area contributed by atoms with E-state index in [1.54, 1.807) is 30.0 Å². The second-order valence-electron chi connectivity index (χ2n) is 6.77. The summed E-state index contributed by atoms with van der Waals surface area (Å²) in [6, 6.07) is 20.4. The molecule has 0 spiro atoms. The molecule has 1 unspecified atom stereocenters. The number of nitriles is 1. The molecule has 4 rings (SSSR count). The number of fused-ring (bicyclic) bond motifs is 1. The Kier molecular flexibility index (Phi) is 5.65. The molecule has 0 radical (unpaired) electrons. The first-order chi connectivity index (χ1) is 15.0. The van der Waals surface area contributed by atoms with E-state index in [-0.39, 0.29) is 17.2 Å². The van der Waals surface area contributed by atoms with Crippen molar-refractivity contribution < 1.29 is 18.7 Å². The minimum absolute atomic E-state index is 0.00785. The van der Waals surface area contributed by atoms with Gasteiger partial charge in [0.2, 0.25) is 5.88 Å². The molecule has 5 nitrogen and oxygen atoms in total. The summed E-state index contributed by atoms with van der Waals surface area (Å²) in [6.07, 6.45) is 1.99. The number of carbonyl (C=O) groups is 1. The Morgan fingerprint density at radius 3 is 2.58 bits per heavy atom. The van der Waals surface area contributed by atoms with Crippen LogP contribution in [0.2, 0.25) is 0 Å². The van der Waals surface area contributed by atoms with Gasteiger partial charge in [-0.2, -0.15) is 5.26 Å². The van der Waals surface area contributed by atoms with Crippen LogP contribution in [0.1, 0.15) is 27.4 Å². The summed E-state index contributed by atoms with van der Waals surface area (Å²) in [5, 5.41) is 9.67. The van der Waals surface area contributed by atoms with Crippen molar-refractivity contribution in [3.05, 3.63) is 101 Å². The Balaban J connectivity index is 1.69. The van der Waals surface area contributed by atoms with Crippen LogP contribution >= 0.6 is 11.8 Å². The zero-order valence-electron chi connectivity index (χ0n) is 16.5. The normalized spacial score (nSPS) is 14.9. The van der Waals surface area contributed by atoms with E-state index in [9.17, 15) is 14.4 Å². The summed E-state index contributed by atoms with van der Waals surface area (Å²) in [5.74, 6) is -1.36. The lowest BCUT2D eigenvalue weighted by molar-refractivity contribution is 0.0729. The number of rotatable bonds is 4. The summed E-state index contributed by atoms with van der Waals surface area (Å²) in [4.78, 5) is 13.4. The molecule has 3 aromatic rings. The van der Waals surface area contributed by atoms with Gasteiger partial charge in [0.1, 0.15) is 29.0 Å². The molecule has 1 aliphatic heterocycles. The molecule has 0 aliphatic carbocycles. The van der Waals surface area contributed by atoms with Crippen molar-refractivity contribution in [2.45, 2.75) is 10.8 Å². The highest BCUT2D eigenvalue weighted by molar-refractivity contribution is 7.98. The van der Waals surface area contributed by atoms with E-state index in [0.717, 1.165) is 10.5 Å². The van der Waals surface area contributed by atoms with Crippen LogP contribution in [-0.4, -0.2) is 12.2 Å². The highest BCUT2D eigenvalue weighted by Gasteiger charge is 2.31. The van der Waals surface area contributed by atoms with E-state index < -0.39 is 17.7 Å². The smallest absolute Gasteiger partial charge is 0.346 e. The average molecular weight is 432 g/mol. The Hall–Kier alpha value is -3.76. The molecule has 31 heavy (non-hydrogen) atoms. The lowest BCUT2D eigenvalue weighted by atomic mass is 9.83. The minimum Gasteiger partial charge on any atom is -0.440 e. The maximum absolute atomic E-state index is 13.9. The predicted molar refractivity (Wildman–Crippen MR) is 115 cm³/mol. The summed E-state index contributed by atoms with van der Waals surface area (Å²) in [7, 11) is 0. The van der Waals surface area contributed by atoms with Crippen LogP contribution in [0.15, 0.2) is 83.1 Å². The SMILES string of the molecule is CSc1ccc(C2C(C#N)=C(N)Oc3cc(OC(=O)c4ccccc4F)ccc32)cc1. The first kappa shape index (κ1) is 20.5. The van der Waals surface area contributed by atoms with Crippen molar-refractivity contribution in [3.63, 3.8) is 0 Å². The van der Waals surface area contributed by atoms with Crippen LogP contribution in [0.25, 0.3) is 0 Å². The zero-order valence-corrected chi connectivity index (χ0v) is 17.3.